The second-order valence-electron chi connectivity index (χ2n) is 4.55. The number of aromatic nitrogens is 1. The van der Waals surface area contributed by atoms with Crippen LogP contribution in [0.5, 0.6) is 11.5 Å². The van der Waals surface area contributed by atoms with Crippen molar-refractivity contribution in [2.45, 2.75) is 13.5 Å². The Morgan fingerprint density at radius 3 is 2.86 bits per heavy atom. The van der Waals surface area contributed by atoms with Crippen molar-refractivity contribution >= 4 is 22.4 Å². The fourth-order valence-corrected chi connectivity index (χ4v) is 2.83. The van der Waals surface area contributed by atoms with E-state index >= 15 is 0 Å². The molecule has 7 heteroatoms. The molecule has 1 N–H and O–H groups in total. The summed E-state index contributed by atoms with van der Waals surface area (Å²) < 4.78 is 11.0. The van der Waals surface area contributed by atoms with E-state index in [0.717, 1.165) is 28.4 Å². The average Bonchev–Trinajstić information content (AvgIpc) is 2.86. The smallest absolute Gasteiger partial charge is 0.183 e. The molecule has 0 unspecified atom stereocenters. The predicted molar refractivity (Wildman–Crippen MR) is 75.9 cm³/mol. The molecule has 6 nitrogen and oxygen atoms in total. The summed E-state index contributed by atoms with van der Waals surface area (Å²) in [5.41, 5.74) is 1.46. The average molecular weight is 305 g/mol. The van der Waals surface area contributed by atoms with Gasteiger partial charge in [-0.3, -0.25) is 0 Å². The number of anilines is 1. The lowest BCUT2D eigenvalue weighted by molar-refractivity contribution is -0.254. The Hall–Kier alpha value is -2.28. The molecule has 1 aliphatic heterocycles. The molecule has 0 atom stereocenters. The van der Waals surface area contributed by atoms with E-state index in [4.69, 9.17) is 9.47 Å². The van der Waals surface area contributed by atoms with Crippen LogP contribution in [0.1, 0.15) is 20.9 Å². The highest BCUT2D eigenvalue weighted by Gasteiger charge is 2.12. The molecule has 0 bridgehead atoms. The van der Waals surface area contributed by atoms with Gasteiger partial charge in [-0.1, -0.05) is 17.4 Å². The molecular weight excluding hydrogens is 292 g/mol. The maximum Gasteiger partial charge on any atom is 0.183 e. The summed E-state index contributed by atoms with van der Waals surface area (Å²) in [4.78, 5) is 15.2. The van der Waals surface area contributed by atoms with Crippen molar-refractivity contribution in [1.29, 1.82) is 0 Å². The van der Waals surface area contributed by atoms with Crippen LogP contribution in [-0.2, 0) is 6.54 Å². The van der Waals surface area contributed by atoms with Gasteiger partial charge in [-0.2, -0.15) is 0 Å². The second-order valence-corrected chi connectivity index (χ2v) is 5.55. The third kappa shape index (κ3) is 2.92. The van der Waals surface area contributed by atoms with E-state index in [0.29, 0.717) is 30.6 Å². The number of ether oxygens (including phenoxy) is 2. The van der Waals surface area contributed by atoms with E-state index in [1.807, 2.05) is 18.2 Å². The lowest BCUT2D eigenvalue weighted by Crippen LogP contribution is -2.21. The molecule has 1 aromatic carbocycles. The van der Waals surface area contributed by atoms with E-state index in [1.165, 1.54) is 0 Å². The van der Waals surface area contributed by atoms with Gasteiger partial charge >= 0.3 is 0 Å². The van der Waals surface area contributed by atoms with Crippen molar-refractivity contribution in [3.8, 4) is 11.5 Å². The fourth-order valence-electron chi connectivity index (χ4n) is 2.04. The highest BCUT2D eigenvalue weighted by molar-refractivity contribution is 7.17. The van der Waals surface area contributed by atoms with Crippen LogP contribution in [0.15, 0.2) is 18.2 Å². The Kier molecular flexibility index (Phi) is 3.66. The van der Waals surface area contributed by atoms with Crippen LogP contribution in [-0.4, -0.2) is 24.2 Å². The zero-order valence-electron chi connectivity index (χ0n) is 11.3. The van der Waals surface area contributed by atoms with Crippen molar-refractivity contribution in [1.82, 2.24) is 4.98 Å². The van der Waals surface area contributed by atoms with Crippen LogP contribution in [0.25, 0.3) is 0 Å². The van der Waals surface area contributed by atoms with Gasteiger partial charge in [0.15, 0.2) is 16.6 Å². The van der Waals surface area contributed by atoms with E-state index in [9.17, 15) is 9.90 Å². The Balaban J connectivity index is 1.70. The van der Waals surface area contributed by atoms with Gasteiger partial charge in [-0.25, -0.2) is 4.98 Å². The number of nitrogens with zero attached hydrogens (tertiary/aromatic N) is 1. The Labute approximate surface area is 125 Å². The van der Waals surface area contributed by atoms with Gasteiger partial charge in [0.2, 0.25) is 0 Å². The molecule has 0 saturated heterocycles. The monoisotopic (exact) mass is 305 g/mol. The molecule has 3 rings (SSSR count). The standard InChI is InChI=1S/C14H14N2O4S/c1-8-12(13(17)18)21-14(16-8)15-7-9-2-3-10-11(6-9)20-5-4-19-10/h2-3,6H,4-5,7H2,1H3,(H,15,16)(H,17,18)/p-1. The molecule has 1 aromatic heterocycles. The van der Waals surface area contributed by atoms with Gasteiger partial charge < -0.3 is 24.7 Å². The number of aromatic carboxylic acids is 1. The summed E-state index contributed by atoms with van der Waals surface area (Å²) in [6.45, 7) is 3.28. The van der Waals surface area contributed by atoms with Gasteiger partial charge in [0.1, 0.15) is 13.2 Å². The number of benzene rings is 1. The topological polar surface area (TPSA) is 83.5 Å². The molecule has 0 spiro atoms. The summed E-state index contributed by atoms with van der Waals surface area (Å²) in [7, 11) is 0. The molecule has 0 fully saturated rings. The summed E-state index contributed by atoms with van der Waals surface area (Å²) in [5, 5.41) is 14.5. The number of thiazole rings is 1. The second kappa shape index (κ2) is 5.61. The van der Waals surface area contributed by atoms with E-state index < -0.39 is 5.97 Å². The number of fused-ring (bicyclic) bond motifs is 1. The van der Waals surface area contributed by atoms with Crippen molar-refractivity contribution in [2.24, 2.45) is 0 Å². The fraction of sp³-hybridized carbons (Fsp3) is 0.286. The number of carbonyl (C=O) groups excluding carboxylic acids is 1. The molecular formula is C14H13N2O4S-. The highest BCUT2D eigenvalue weighted by atomic mass is 32.1. The van der Waals surface area contributed by atoms with E-state index in [-0.39, 0.29) is 4.88 Å². The van der Waals surface area contributed by atoms with Crippen LogP contribution >= 0.6 is 11.3 Å². The minimum atomic E-state index is -1.20. The molecule has 0 aliphatic carbocycles. The summed E-state index contributed by atoms with van der Waals surface area (Å²) >= 11 is 1.08. The number of hydrogen-bond donors (Lipinski definition) is 1. The minimum absolute atomic E-state index is 0.152. The highest BCUT2D eigenvalue weighted by Crippen LogP contribution is 2.31. The molecule has 0 radical (unpaired) electrons. The summed E-state index contributed by atoms with van der Waals surface area (Å²) in [6, 6.07) is 5.70. The van der Waals surface area contributed by atoms with Crippen LogP contribution in [0, 0.1) is 6.92 Å². The largest absolute Gasteiger partial charge is 0.544 e. The Morgan fingerprint density at radius 2 is 2.14 bits per heavy atom. The normalized spacial score (nSPS) is 13.0. The van der Waals surface area contributed by atoms with Crippen molar-refractivity contribution in [3.63, 3.8) is 0 Å². The van der Waals surface area contributed by atoms with Crippen molar-refractivity contribution < 1.29 is 19.4 Å². The number of carboxylic acids is 1. The Morgan fingerprint density at radius 1 is 1.38 bits per heavy atom. The zero-order valence-corrected chi connectivity index (χ0v) is 12.2. The SMILES string of the molecule is Cc1nc(NCc2ccc3c(c2)OCCO3)sc1C(=O)[O-]. The van der Waals surface area contributed by atoms with Gasteiger partial charge in [0.05, 0.1) is 16.5 Å². The summed E-state index contributed by atoms with van der Waals surface area (Å²) in [6.07, 6.45) is 0. The first-order valence-electron chi connectivity index (χ1n) is 6.44. The number of aryl methyl sites for hydroxylation is 1. The predicted octanol–water partition coefficient (Wildman–Crippen LogP) is 1.20. The van der Waals surface area contributed by atoms with Crippen LogP contribution in [0.4, 0.5) is 5.13 Å². The molecule has 0 amide bonds. The van der Waals surface area contributed by atoms with Gasteiger partial charge in [0, 0.05) is 6.54 Å². The summed E-state index contributed by atoms with van der Waals surface area (Å²) in [5.74, 6) is 0.276. The first kappa shape index (κ1) is 13.7. The van der Waals surface area contributed by atoms with Crippen molar-refractivity contribution in [2.75, 3.05) is 18.5 Å². The molecule has 2 heterocycles. The Bertz CT molecular complexity index is 684. The van der Waals surface area contributed by atoms with Crippen LogP contribution in [0.3, 0.4) is 0 Å². The number of hydrogen-bond acceptors (Lipinski definition) is 7. The lowest BCUT2D eigenvalue weighted by Gasteiger charge is -2.18. The first-order chi connectivity index (χ1) is 10.1. The van der Waals surface area contributed by atoms with Crippen molar-refractivity contribution in [3.05, 3.63) is 34.3 Å². The lowest BCUT2D eigenvalue weighted by atomic mass is 10.2. The quantitative estimate of drug-likeness (QED) is 0.914. The van der Waals surface area contributed by atoms with E-state index in [2.05, 4.69) is 10.3 Å². The molecule has 21 heavy (non-hydrogen) atoms. The number of rotatable bonds is 4. The minimum Gasteiger partial charge on any atom is -0.544 e. The third-order valence-electron chi connectivity index (χ3n) is 3.03. The zero-order chi connectivity index (χ0) is 14.8. The molecule has 110 valence electrons. The van der Waals surface area contributed by atoms with Crippen LogP contribution in [0.2, 0.25) is 0 Å². The maximum absolute atomic E-state index is 10.9. The number of carboxylic acid groups (broad SMARTS) is 1. The maximum atomic E-state index is 10.9. The van der Waals surface area contributed by atoms with Gasteiger partial charge in [-0.15, -0.1) is 0 Å². The molecule has 0 saturated carbocycles. The van der Waals surface area contributed by atoms with Gasteiger partial charge in [0.25, 0.3) is 0 Å². The molecule has 2 aromatic rings. The number of nitrogens with one attached hydrogen (secondary N) is 1. The van der Waals surface area contributed by atoms with Gasteiger partial charge in [-0.05, 0) is 24.6 Å². The molecule has 1 aliphatic rings. The van der Waals surface area contributed by atoms with Crippen LogP contribution < -0.4 is 19.9 Å². The number of carbonyl (C=O) groups is 1. The first-order valence-corrected chi connectivity index (χ1v) is 7.26. The third-order valence-corrected chi connectivity index (χ3v) is 4.13. The van der Waals surface area contributed by atoms with E-state index in [1.54, 1.807) is 6.92 Å².